The zero-order valence-corrected chi connectivity index (χ0v) is 10.8. The minimum Gasteiger partial charge on any atom is -0.478 e. The smallest absolute Gasteiger partial charge is 0.305 e. The van der Waals surface area contributed by atoms with Gasteiger partial charge in [0.1, 0.15) is 6.61 Å². The lowest BCUT2D eigenvalue weighted by molar-refractivity contribution is -0.141. The van der Waals surface area contributed by atoms with Crippen molar-refractivity contribution >= 4 is 11.9 Å². The van der Waals surface area contributed by atoms with Crippen LogP contribution in [0.2, 0.25) is 0 Å². The predicted octanol–water partition coefficient (Wildman–Crippen LogP) is 2.17. The maximum absolute atomic E-state index is 11.1. The van der Waals surface area contributed by atoms with Crippen molar-refractivity contribution in [2.75, 3.05) is 13.7 Å². The molecule has 0 saturated carbocycles. The van der Waals surface area contributed by atoms with E-state index in [4.69, 9.17) is 4.74 Å². The van der Waals surface area contributed by atoms with Gasteiger partial charge in [-0.25, -0.2) is 4.99 Å². The predicted molar refractivity (Wildman–Crippen MR) is 62.5 cm³/mol. The summed E-state index contributed by atoms with van der Waals surface area (Å²) in [6.07, 6.45) is 1.08. The molecule has 0 aromatic heterocycles. The van der Waals surface area contributed by atoms with Gasteiger partial charge in [0.05, 0.1) is 12.6 Å². The van der Waals surface area contributed by atoms with Crippen LogP contribution in [0.3, 0.4) is 0 Å². The number of nitrogens with zero attached hydrogens (tertiary/aromatic N) is 1. The summed E-state index contributed by atoms with van der Waals surface area (Å²) in [6, 6.07) is 0. The second-order valence-corrected chi connectivity index (χ2v) is 5.48. The molecular weight excluding hydrogens is 206 g/mol. The largest absolute Gasteiger partial charge is 0.478 e. The summed E-state index contributed by atoms with van der Waals surface area (Å²) in [7, 11) is 1.40. The lowest BCUT2D eigenvalue weighted by Gasteiger charge is -2.22. The summed E-state index contributed by atoms with van der Waals surface area (Å²) < 4.78 is 10.2. The van der Waals surface area contributed by atoms with Crippen LogP contribution >= 0.6 is 0 Å². The molecule has 4 heteroatoms. The molecule has 0 saturated heterocycles. The second-order valence-electron chi connectivity index (χ2n) is 5.48. The third-order valence-corrected chi connectivity index (χ3v) is 2.73. The van der Waals surface area contributed by atoms with Crippen LogP contribution in [0.1, 0.15) is 40.5 Å². The van der Waals surface area contributed by atoms with Crippen LogP contribution in [-0.4, -0.2) is 31.1 Å². The van der Waals surface area contributed by atoms with Gasteiger partial charge in [0.25, 0.3) is 0 Å². The SMILES string of the molecule is COC(=O)CCC(C)(C)C1=NC(C)(C)CO1. The molecule has 0 unspecified atom stereocenters. The Morgan fingerprint density at radius 3 is 2.62 bits per heavy atom. The van der Waals surface area contributed by atoms with Crippen LogP contribution in [0.25, 0.3) is 0 Å². The summed E-state index contributed by atoms with van der Waals surface area (Å²) >= 11 is 0. The van der Waals surface area contributed by atoms with Gasteiger partial charge in [0, 0.05) is 11.8 Å². The first kappa shape index (κ1) is 13.0. The molecule has 1 heterocycles. The maximum atomic E-state index is 11.1. The quantitative estimate of drug-likeness (QED) is 0.691. The third-order valence-electron chi connectivity index (χ3n) is 2.73. The van der Waals surface area contributed by atoms with Crippen LogP contribution < -0.4 is 0 Å². The lowest BCUT2D eigenvalue weighted by atomic mass is 9.87. The number of rotatable bonds is 4. The van der Waals surface area contributed by atoms with Gasteiger partial charge in [0.2, 0.25) is 0 Å². The average Bonchev–Trinajstić information content (AvgIpc) is 2.56. The average molecular weight is 227 g/mol. The van der Waals surface area contributed by atoms with Crippen molar-refractivity contribution in [2.24, 2.45) is 10.4 Å². The molecule has 0 bridgehead atoms. The van der Waals surface area contributed by atoms with Gasteiger partial charge < -0.3 is 9.47 Å². The van der Waals surface area contributed by atoms with E-state index in [2.05, 4.69) is 9.73 Å². The van der Waals surface area contributed by atoms with Crippen molar-refractivity contribution in [3.8, 4) is 0 Å². The van der Waals surface area contributed by atoms with Crippen molar-refractivity contribution in [1.29, 1.82) is 0 Å². The van der Waals surface area contributed by atoms with Crippen molar-refractivity contribution < 1.29 is 14.3 Å². The van der Waals surface area contributed by atoms with Gasteiger partial charge in [-0.05, 0) is 20.3 Å². The number of methoxy groups -OCH3 is 1. The van der Waals surface area contributed by atoms with Crippen molar-refractivity contribution in [3.05, 3.63) is 0 Å². The fourth-order valence-corrected chi connectivity index (χ4v) is 1.55. The molecule has 0 aromatic carbocycles. The minimum absolute atomic E-state index is 0.141. The van der Waals surface area contributed by atoms with Crippen LogP contribution in [-0.2, 0) is 14.3 Å². The van der Waals surface area contributed by atoms with Crippen LogP contribution in [0.4, 0.5) is 0 Å². The molecule has 0 amide bonds. The molecule has 0 spiro atoms. The van der Waals surface area contributed by atoms with E-state index in [-0.39, 0.29) is 16.9 Å². The molecule has 0 aliphatic carbocycles. The van der Waals surface area contributed by atoms with E-state index in [1.54, 1.807) is 0 Å². The summed E-state index contributed by atoms with van der Waals surface area (Å²) in [6.45, 7) is 8.77. The Balaban J connectivity index is 2.61. The van der Waals surface area contributed by atoms with E-state index in [9.17, 15) is 4.79 Å². The van der Waals surface area contributed by atoms with Crippen molar-refractivity contribution in [1.82, 2.24) is 0 Å². The molecule has 1 aliphatic rings. The van der Waals surface area contributed by atoms with E-state index in [0.717, 1.165) is 5.90 Å². The summed E-state index contributed by atoms with van der Waals surface area (Å²) in [5.74, 6) is 0.562. The normalized spacial score (nSPS) is 18.9. The van der Waals surface area contributed by atoms with Gasteiger partial charge >= 0.3 is 5.97 Å². The Morgan fingerprint density at radius 1 is 1.56 bits per heavy atom. The highest BCUT2D eigenvalue weighted by atomic mass is 16.5. The lowest BCUT2D eigenvalue weighted by Crippen LogP contribution is -2.25. The molecule has 0 atom stereocenters. The topological polar surface area (TPSA) is 47.9 Å². The molecule has 92 valence electrons. The number of esters is 1. The highest BCUT2D eigenvalue weighted by molar-refractivity contribution is 5.84. The van der Waals surface area contributed by atoms with Gasteiger partial charge in [-0.15, -0.1) is 0 Å². The summed E-state index contributed by atoms with van der Waals surface area (Å²) in [4.78, 5) is 15.6. The monoisotopic (exact) mass is 227 g/mol. The molecule has 1 aliphatic heterocycles. The van der Waals surface area contributed by atoms with Crippen molar-refractivity contribution in [2.45, 2.75) is 46.1 Å². The number of carbonyl (C=O) groups excluding carboxylic acids is 1. The Kier molecular flexibility index (Phi) is 3.61. The van der Waals surface area contributed by atoms with Crippen LogP contribution in [0.15, 0.2) is 4.99 Å². The van der Waals surface area contributed by atoms with E-state index in [1.165, 1.54) is 7.11 Å². The molecule has 1 rings (SSSR count). The van der Waals surface area contributed by atoms with Gasteiger partial charge in [-0.2, -0.15) is 0 Å². The summed E-state index contributed by atoms with van der Waals surface area (Å²) in [5, 5.41) is 0. The number of aliphatic imine (C=N–C) groups is 1. The first-order valence-electron chi connectivity index (χ1n) is 5.57. The maximum Gasteiger partial charge on any atom is 0.305 e. The molecule has 16 heavy (non-hydrogen) atoms. The van der Waals surface area contributed by atoms with E-state index in [0.29, 0.717) is 19.4 Å². The number of hydrogen-bond donors (Lipinski definition) is 0. The Bertz CT molecular complexity index is 305. The molecule has 4 nitrogen and oxygen atoms in total. The zero-order valence-electron chi connectivity index (χ0n) is 10.8. The van der Waals surface area contributed by atoms with Gasteiger partial charge in [-0.1, -0.05) is 13.8 Å². The third kappa shape index (κ3) is 3.22. The first-order chi connectivity index (χ1) is 7.27. The number of carbonyl (C=O) groups is 1. The van der Waals surface area contributed by atoms with E-state index in [1.807, 2.05) is 27.7 Å². The Labute approximate surface area is 97.0 Å². The Hall–Kier alpha value is -1.06. The van der Waals surface area contributed by atoms with Gasteiger partial charge in [0.15, 0.2) is 5.90 Å². The highest BCUT2D eigenvalue weighted by Crippen LogP contribution is 2.31. The molecular formula is C12H21NO3. The highest BCUT2D eigenvalue weighted by Gasteiger charge is 2.35. The fraction of sp³-hybridized carbons (Fsp3) is 0.833. The Morgan fingerprint density at radius 2 is 2.19 bits per heavy atom. The summed E-state index contributed by atoms with van der Waals surface area (Å²) in [5.41, 5.74) is -0.347. The van der Waals surface area contributed by atoms with Crippen LogP contribution in [0, 0.1) is 5.41 Å². The molecule has 0 aromatic rings. The first-order valence-corrected chi connectivity index (χ1v) is 5.57. The van der Waals surface area contributed by atoms with Crippen LogP contribution in [0.5, 0.6) is 0 Å². The van der Waals surface area contributed by atoms with Gasteiger partial charge in [-0.3, -0.25) is 4.79 Å². The number of ether oxygens (including phenoxy) is 2. The molecule has 0 N–H and O–H groups in total. The minimum atomic E-state index is -0.206. The fourth-order valence-electron chi connectivity index (χ4n) is 1.55. The van der Waals surface area contributed by atoms with E-state index < -0.39 is 0 Å². The second kappa shape index (κ2) is 4.44. The van der Waals surface area contributed by atoms with Crippen molar-refractivity contribution in [3.63, 3.8) is 0 Å². The molecule has 0 fully saturated rings. The standard InChI is InChI=1S/C12H21NO3/c1-11(2,7-6-9(14)15-5)10-13-12(3,4)8-16-10/h6-8H2,1-5H3. The van der Waals surface area contributed by atoms with E-state index >= 15 is 0 Å². The number of hydrogen-bond acceptors (Lipinski definition) is 4. The molecule has 0 radical (unpaired) electrons. The zero-order chi connectivity index (χ0) is 12.4.